The summed E-state index contributed by atoms with van der Waals surface area (Å²) in [5.74, 6) is 0.475. The number of anilines is 2. The van der Waals surface area contributed by atoms with Crippen molar-refractivity contribution in [3.05, 3.63) is 47.5 Å². The lowest BCUT2D eigenvalue weighted by molar-refractivity contribution is -0.122. The maximum absolute atomic E-state index is 12.3. The second-order valence-corrected chi connectivity index (χ2v) is 6.42. The number of benzene rings is 1. The van der Waals surface area contributed by atoms with Crippen LogP contribution >= 0.6 is 11.3 Å². The van der Waals surface area contributed by atoms with Crippen molar-refractivity contribution >= 4 is 34.5 Å². The predicted molar refractivity (Wildman–Crippen MR) is 92.9 cm³/mol. The average molecular weight is 355 g/mol. The highest BCUT2D eigenvalue weighted by atomic mass is 32.1. The Balaban J connectivity index is 1.52. The van der Waals surface area contributed by atoms with Gasteiger partial charge >= 0.3 is 0 Å². The van der Waals surface area contributed by atoms with E-state index in [0.717, 1.165) is 4.88 Å². The maximum Gasteiger partial charge on any atom is 0.277 e. The van der Waals surface area contributed by atoms with Crippen LogP contribution < -0.4 is 15.4 Å². The fraction of sp³-hybridized carbons (Fsp3) is 0.118. The van der Waals surface area contributed by atoms with Crippen LogP contribution in [0.2, 0.25) is 0 Å². The van der Waals surface area contributed by atoms with Crippen LogP contribution in [0.15, 0.2) is 46.3 Å². The fourth-order valence-corrected chi connectivity index (χ4v) is 3.07. The molecule has 3 aromatic rings. The van der Waals surface area contributed by atoms with Crippen molar-refractivity contribution in [2.24, 2.45) is 0 Å². The minimum atomic E-state index is -0.543. The van der Waals surface area contributed by atoms with E-state index < -0.39 is 12.0 Å². The van der Waals surface area contributed by atoms with E-state index in [2.05, 4.69) is 15.8 Å². The molecule has 0 bridgehead atoms. The van der Waals surface area contributed by atoms with Gasteiger partial charge in [0.25, 0.3) is 11.8 Å². The lowest BCUT2D eigenvalue weighted by Crippen LogP contribution is -2.34. The molecule has 1 aliphatic rings. The highest BCUT2D eigenvalue weighted by Gasteiger charge is 2.24. The van der Waals surface area contributed by atoms with Gasteiger partial charge in [0.15, 0.2) is 17.6 Å². The molecule has 0 saturated heterocycles. The van der Waals surface area contributed by atoms with E-state index in [0.29, 0.717) is 22.9 Å². The van der Waals surface area contributed by atoms with Gasteiger partial charge in [-0.1, -0.05) is 11.2 Å². The molecule has 0 radical (unpaired) electrons. The van der Waals surface area contributed by atoms with Gasteiger partial charge in [-0.15, -0.1) is 11.3 Å². The molecule has 3 heterocycles. The first-order chi connectivity index (χ1) is 12.1. The third kappa shape index (κ3) is 2.99. The Morgan fingerprint density at radius 2 is 2.20 bits per heavy atom. The summed E-state index contributed by atoms with van der Waals surface area (Å²) in [5, 5.41) is 11.2. The number of hydrogen-bond acceptors (Lipinski definition) is 6. The van der Waals surface area contributed by atoms with Crippen molar-refractivity contribution in [3.8, 4) is 16.4 Å². The number of ether oxygens (including phenoxy) is 1. The van der Waals surface area contributed by atoms with Gasteiger partial charge in [0.1, 0.15) is 5.75 Å². The molecule has 0 saturated carbocycles. The van der Waals surface area contributed by atoms with E-state index in [1.807, 2.05) is 17.5 Å². The zero-order chi connectivity index (χ0) is 17.4. The maximum atomic E-state index is 12.3. The first-order valence-corrected chi connectivity index (χ1v) is 8.41. The molecule has 1 atom stereocenters. The zero-order valence-corrected chi connectivity index (χ0v) is 13.9. The van der Waals surface area contributed by atoms with Crippen molar-refractivity contribution in [2.75, 3.05) is 10.6 Å². The Hall–Kier alpha value is -3.13. The molecule has 2 aromatic heterocycles. The number of carbonyl (C=O) groups is 2. The third-order valence-electron chi connectivity index (χ3n) is 3.68. The molecular formula is C17H13N3O4S. The van der Waals surface area contributed by atoms with Crippen LogP contribution in [0.4, 0.5) is 11.4 Å². The molecule has 0 fully saturated rings. The molecule has 2 amide bonds. The number of amides is 2. The Labute approximate surface area is 146 Å². The van der Waals surface area contributed by atoms with Gasteiger partial charge in [-0.3, -0.25) is 9.59 Å². The zero-order valence-electron chi connectivity index (χ0n) is 13.1. The number of rotatable bonds is 3. The quantitative estimate of drug-likeness (QED) is 0.751. The smallest absolute Gasteiger partial charge is 0.277 e. The van der Waals surface area contributed by atoms with E-state index in [1.54, 1.807) is 31.2 Å². The van der Waals surface area contributed by atoms with Gasteiger partial charge in [0.2, 0.25) is 0 Å². The molecule has 4 rings (SSSR count). The van der Waals surface area contributed by atoms with Gasteiger partial charge in [-0.05, 0) is 36.6 Å². The highest BCUT2D eigenvalue weighted by molar-refractivity contribution is 7.13. The van der Waals surface area contributed by atoms with Gasteiger partial charge < -0.3 is 19.9 Å². The minimum Gasteiger partial charge on any atom is -0.479 e. The van der Waals surface area contributed by atoms with Crippen molar-refractivity contribution < 1.29 is 18.8 Å². The van der Waals surface area contributed by atoms with Gasteiger partial charge in [-0.25, -0.2) is 0 Å². The summed E-state index contributed by atoms with van der Waals surface area (Å²) in [4.78, 5) is 24.9. The highest BCUT2D eigenvalue weighted by Crippen LogP contribution is 2.32. The molecule has 0 unspecified atom stereocenters. The molecule has 2 N–H and O–H groups in total. The van der Waals surface area contributed by atoms with Gasteiger partial charge in [-0.2, -0.15) is 0 Å². The van der Waals surface area contributed by atoms with Crippen LogP contribution in [-0.2, 0) is 4.79 Å². The van der Waals surface area contributed by atoms with E-state index in [-0.39, 0.29) is 11.6 Å². The SMILES string of the molecule is C[C@@H]1Oc2ccc(NC(=O)c3cc(-c4cccs4)on3)cc2NC1=O. The number of hydrogen-bond donors (Lipinski definition) is 2. The summed E-state index contributed by atoms with van der Waals surface area (Å²) in [6, 6.07) is 10.4. The summed E-state index contributed by atoms with van der Waals surface area (Å²) in [5.41, 5.74) is 1.21. The Kier molecular flexibility index (Phi) is 3.73. The van der Waals surface area contributed by atoms with Crippen molar-refractivity contribution in [1.29, 1.82) is 0 Å². The molecule has 1 aromatic carbocycles. The van der Waals surface area contributed by atoms with Crippen molar-refractivity contribution in [2.45, 2.75) is 13.0 Å². The first-order valence-electron chi connectivity index (χ1n) is 7.53. The number of aromatic nitrogens is 1. The van der Waals surface area contributed by atoms with Crippen LogP contribution in [0.25, 0.3) is 10.6 Å². The van der Waals surface area contributed by atoms with Crippen molar-refractivity contribution in [3.63, 3.8) is 0 Å². The largest absolute Gasteiger partial charge is 0.479 e. The fourth-order valence-electron chi connectivity index (χ4n) is 2.40. The summed E-state index contributed by atoms with van der Waals surface area (Å²) in [6.07, 6.45) is -0.543. The number of thiophene rings is 1. The monoisotopic (exact) mass is 355 g/mol. The van der Waals surface area contributed by atoms with Crippen LogP contribution in [0.3, 0.4) is 0 Å². The standard InChI is InChI=1S/C17H13N3O4S/c1-9-16(21)19-11-7-10(4-5-13(11)23-9)18-17(22)12-8-14(24-20-12)15-3-2-6-25-15/h2-9H,1H3,(H,18,22)(H,19,21)/t9-/m0/s1. The molecule has 0 spiro atoms. The second-order valence-electron chi connectivity index (χ2n) is 5.47. The minimum absolute atomic E-state index is 0.176. The van der Waals surface area contributed by atoms with Crippen molar-refractivity contribution in [1.82, 2.24) is 5.16 Å². The van der Waals surface area contributed by atoms with Crippen LogP contribution in [0.5, 0.6) is 5.75 Å². The number of fused-ring (bicyclic) bond motifs is 1. The van der Waals surface area contributed by atoms with E-state index in [1.165, 1.54) is 11.3 Å². The summed E-state index contributed by atoms with van der Waals surface area (Å²) in [6.45, 7) is 1.67. The van der Waals surface area contributed by atoms with E-state index in [9.17, 15) is 9.59 Å². The molecule has 0 aliphatic carbocycles. The molecule has 1 aliphatic heterocycles. The summed E-state index contributed by atoms with van der Waals surface area (Å²) in [7, 11) is 0. The molecular weight excluding hydrogens is 342 g/mol. The molecule has 126 valence electrons. The lowest BCUT2D eigenvalue weighted by Gasteiger charge is -2.23. The van der Waals surface area contributed by atoms with Crippen LogP contribution in [0, 0.1) is 0 Å². The first kappa shape index (κ1) is 15.4. The second kappa shape index (κ2) is 6.06. The predicted octanol–water partition coefficient (Wildman–Crippen LogP) is 3.37. The third-order valence-corrected chi connectivity index (χ3v) is 4.56. The van der Waals surface area contributed by atoms with Gasteiger partial charge in [0, 0.05) is 11.8 Å². The Morgan fingerprint density at radius 3 is 3.00 bits per heavy atom. The Morgan fingerprint density at radius 1 is 1.32 bits per heavy atom. The van der Waals surface area contributed by atoms with E-state index in [4.69, 9.17) is 9.26 Å². The normalized spacial score (nSPS) is 15.9. The van der Waals surface area contributed by atoms with Crippen LogP contribution in [-0.4, -0.2) is 23.1 Å². The topological polar surface area (TPSA) is 93.5 Å². The lowest BCUT2D eigenvalue weighted by atomic mass is 10.2. The number of nitrogens with zero attached hydrogens (tertiary/aromatic N) is 1. The summed E-state index contributed by atoms with van der Waals surface area (Å²) < 4.78 is 10.7. The average Bonchev–Trinajstić information content (AvgIpc) is 3.27. The molecule has 8 heteroatoms. The van der Waals surface area contributed by atoms with Crippen LogP contribution in [0.1, 0.15) is 17.4 Å². The molecule has 25 heavy (non-hydrogen) atoms. The van der Waals surface area contributed by atoms with Gasteiger partial charge in [0.05, 0.1) is 10.6 Å². The molecule has 7 nitrogen and oxygen atoms in total. The number of carbonyl (C=O) groups excluding carboxylic acids is 2. The number of nitrogens with one attached hydrogen (secondary N) is 2. The Bertz CT molecular complexity index is 949. The summed E-state index contributed by atoms with van der Waals surface area (Å²) >= 11 is 1.50. The van der Waals surface area contributed by atoms with E-state index >= 15 is 0 Å².